The first-order valence-electron chi connectivity index (χ1n) is 6.21. The zero-order chi connectivity index (χ0) is 13.0. The van der Waals surface area contributed by atoms with Crippen molar-refractivity contribution in [2.24, 2.45) is 12.9 Å². The lowest BCUT2D eigenvalue weighted by Crippen LogP contribution is -2.29. The lowest BCUT2D eigenvalue weighted by molar-refractivity contribution is 0.505. The lowest BCUT2D eigenvalue weighted by Gasteiger charge is -2.18. The average molecular weight is 244 g/mol. The third-order valence-corrected chi connectivity index (χ3v) is 3.38. The number of aromatic nitrogens is 2. The summed E-state index contributed by atoms with van der Waals surface area (Å²) in [5, 5.41) is 4.18. The van der Waals surface area contributed by atoms with Crippen molar-refractivity contribution in [2.75, 3.05) is 0 Å². The molecule has 4 nitrogen and oxygen atoms in total. The van der Waals surface area contributed by atoms with Crippen molar-refractivity contribution >= 4 is 0 Å². The van der Waals surface area contributed by atoms with E-state index in [1.807, 2.05) is 30.1 Å². The number of rotatable bonds is 5. The molecule has 1 aromatic carbocycles. The number of nitrogens with two attached hydrogens (primary N) is 1. The van der Waals surface area contributed by atoms with Gasteiger partial charge in [0.05, 0.1) is 0 Å². The van der Waals surface area contributed by atoms with Crippen LogP contribution < -0.4 is 11.3 Å². The van der Waals surface area contributed by atoms with Gasteiger partial charge in [0.2, 0.25) is 0 Å². The third-order valence-electron chi connectivity index (χ3n) is 3.38. The molecule has 18 heavy (non-hydrogen) atoms. The van der Waals surface area contributed by atoms with Crippen molar-refractivity contribution in [2.45, 2.75) is 25.8 Å². The molecule has 96 valence electrons. The molecule has 1 unspecified atom stereocenters. The van der Waals surface area contributed by atoms with Crippen LogP contribution in [-0.4, -0.2) is 9.78 Å². The van der Waals surface area contributed by atoms with Gasteiger partial charge in [0.15, 0.2) is 0 Å². The van der Waals surface area contributed by atoms with Crippen LogP contribution in [0.2, 0.25) is 0 Å². The van der Waals surface area contributed by atoms with Crippen LogP contribution in [0.3, 0.4) is 0 Å². The first kappa shape index (κ1) is 12.8. The molecular weight excluding hydrogens is 224 g/mol. The van der Waals surface area contributed by atoms with E-state index in [0.717, 1.165) is 12.8 Å². The molecule has 0 fully saturated rings. The van der Waals surface area contributed by atoms with Crippen molar-refractivity contribution in [1.29, 1.82) is 0 Å². The van der Waals surface area contributed by atoms with Gasteiger partial charge in [-0.15, -0.1) is 0 Å². The monoisotopic (exact) mass is 244 g/mol. The van der Waals surface area contributed by atoms with E-state index < -0.39 is 0 Å². The number of hydrazine groups is 1. The van der Waals surface area contributed by atoms with Crippen LogP contribution in [0.25, 0.3) is 0 Å². The summed E-state index contributed by atoms with van der Waals surface area (Å²) in [4.78, 5) is 0. The Morgan fingerprint density at radius 3 is 2.72 bits per heavy atom. The van der Waals surface area contributed by atoms with E-state index >= 15 is 0 Å². The van der Waals surface area contributed by atoms with Gasteiger partial charge in [-0.1, -0.05) is 24.3 Å². The van der Waals surface area contributed by atoms with Crippen LogP contribution in [0.1, 0.15) is 29.3 Å². The largest absolute Gasteiger partial charge is 0.273 e. The molecule has 0 bridgehead atoms. The average Bonchev–Trinajstić information content (AvgIpc) is 2.78. The standard InChI is InChI=1S/C14H20N4/c1-11-5-3-4-6-13(11)14(17-15)8-7-12-9-10-16-18(12)2/h3-6,9-10,14,17H,7-8,15H2,1-2H3. The number of aryl methyl sites for hydroxylation is 3. The Labute approximate surface area is 108 Å². The Bertz CT molecular complexity index is 504. The summed E-state index contributed by atoms with van der Waals surface area (Å²) in [6.07, 6.45) is 3.74. The molecule has 0 spiro atoms. The number of hydrogen-bond donors (Lipinski definition) is 2. The zero-order valence-corrected chi connectivity index (χ0v) is 10.9. The van der Waals surface area contributed by atoms with Gasteiger partial charge in [-0.05, 0) is 37.0 Å². The second-order valence-electron chi connectivity index (χ2n) is 4.56. The third kappa shape index (κ3) is 2.78. The molecule has 1 heterocycles. The number of benzene rings is 1. The van der Waals surface area contributed by atoms with E-state index in [9.17, 15) is 0 Å². The molecule has 0 radical (unpaired) electrons. The van der Waals surface area contributed by atoms with Crippen LogP contribution in [0, 0.1) is 6.92 Å². The van der Waals surface area contributed by atoms with Gasteiger partial charge in [-0.3, -0.25) is 16.0 Å². The second kappa shape index (κ2) is 5.80. The van der Waals surface area contributed by atoms with E-state index in [1.54, 1.807) is 0 Å². The minimum absolute atomic E-state index is 0.182. The molecule has 2 aromatic rings. The van der Waals surface area contributed by atoms with Crippen LogP contribution in [0.15, 0.2) is 36.5 Å². The van der Waals surface area contributed by atoms with Gasteiger partial charge >= 0.3 is 0 Å². The quantitative estimate of drug-likeness (QED) is 0.623. The minimum Gasteiger partial charge on any atom is -0.273 e. The fourth-order valence-corrected chi connectivity index (χ4v) is 2.25. The number of hydrogen-bond acceptors (Lipinski definition) is 3. The molecule has 0 aliphatic rings. The van der Waals surface area contributed by atoms with Crippen LogP contribution in [-0.2, 0) is 13.5 Å². The van der Waals surface area contributed by atoms with Crippen molar-refractivity contribution in [3.8, 4) is 0 Å². The molecule has 4 heteroatoms. The molecule has 0 amide bonds. The Morgan fingerprint density at radius 1 is 1.33 bits per heavy atom. The number of nitrogens with zero attached hydrogens (tertiary/aromatic N) is 2. The Morgan fingerprint density at radius 2 is 2.11 bits per heavy atom. The molecule has 1 aromatic heterocycles. The van der Waals surface area contributed by atoms with Crippen molar-refractivity contribution < 1.29 is 0 Å². The highest BCUT2D eigenvalue weighted by Gasteiger charge is 2.12. The molecular formula is C14H20N4. The fourth-order valence-electron chi connectivity index (χ4n) is 2.25. The van der Waals surface area contributed by atoms with Gasteiger partial charge in [0, 0.05) is 25.0 Å². The predicted octanol–water partition coefficient (Wildman–Crippen LogP) is 1.87. The van der Waals surface area contributed by atoms with Crippen molar-refractivity contribution in [1.82, 2.24) is 15.2 Å². The highest BCUT2D eigenvalue weighted by atomic mass is 15.3. The summed E-state index contributed by atoms with van der Waals surface area (Å²) in [7, 11) is 1.97. The van der Waals surface area contributed by atoms with E-state index in [0.29, 0.717) is 0 Å². The normalized spacial score (nSPS) is 12.6. The summed E-state index contributed by atoms with van der Waals surface area (Å²) in [6, 6.07) is 10.6. The van der Waals surface area contributed by atoms with E-state index in [4.69, 9.17) is 5.84 Å². The fraction of sp³-hybridized carbons (Fsp3) is 0.357. The molecule has 0 saturated carbocycles. The van der Waals surface area contributed by atoms with Gasteiger partial charge < -0.3 is 0 Å². The SMILES string of the molecule is Cc1ccccc1C(CCc1ccnn1C)NN. The van der Waals surface area contributed by atoms with Crippen molar-refractivity contribution in [3.63, 3.8) is 0 Å². The van der Waals surface area contributed by atoms with E-state index in [-0.39, 0.29) is 6.04 Å². The minimum atomic E-state index is 0.182. The maximum absolute atomic E-state index is 5.68. The summed E-state index contributed by atoms with van der Waals surface area (Å²) >= 11 is 0. The Kier molecular flexibility index (Phi) is 4.12. The topological polar surface area (TPSA) is 55.9 Å². The molecule has 0 aliphatic heterocycles. The maximum atomic E-state index is 5.68. The van der Waals surface area contributed by atoms with Crippen molar-refractivity contribution in [3.05, 3.63) is 53.3 Å². The Hall–Kier alpha value is -1.65. The maximum Gasteiger partial charge on any atom is 0.0492 e. The number of nitrogens with one attached hydrogen (secondary N) is 1. The van der Waals surface area contributed by atoms with E-state index in [2.05, 4.69) is 35.6 Å². The van der Waals surface area contributed by atoms with Gasteiger partial charge in [0.25, 0.3) is 0 Å². The molecule has 0 saturated heterocycles. The van der Waals surface area contributed by atoms with Crippen LogP contribution in [0.4, 0.5) is 0 Å². The summed E-state index contributed by atoms with van der Waals surface area (Å²) in [6.45, 7) is 2.11. The predicted molar refractivity (Wildman–Crippen MR) is 72.8 cm³/mol. The molecule has 2 rings (SSSR count). The zero-order valence-electron chi connectivity index (χ0n) is 10.9. The smallest absolute Gasteiger partial charge is 0.0492 e. The second-order valence-corrected chi connectivity index (χ2v) is 4.56. The highest BCUT2D eigenvalue weighted by molar-refractivity contribution is 5.28. The Balaban J connectivity index is 2.07. The van der Waals surface area contributed by atoms with Gasteiger partial charge in [-0.25, -0.2) is 0 Å². The van der Waals surface area contributed by atoms with E-state index in [1.165, 1.54) is 16.8 Å². The summed E-state index contributed by atoms with van der Waals surface area (Å²) in [5.74, 6) is 5.68. The summed E-state index contributed by atoms with van der Waals surface area (Å²) in [5.41, 5.74) is 6.67. The summed E-state index contributed by atoms with van der Waals surface area (Å²) < 4.78 is 1.91. The lowest BCUT2D eigenvalue weighted by atomic mass is 9.97. The molecule has 3 N–H and O–H groups in total. The molecule has 0 aliphatic carbocycles. The van der Waals surface area contributed by atoms with Gasteiger partial charge in [-0.2, -0.15) is 5.10 Å². The van der Waals surface area contributed by atoms with Crippen LogP contribution in [0.5, 0.6) is 0 Å². The molecule has 1 atom stereocenters. The van der Waals surface area contributed by atoms with Crippen LogP contribution >= 0.6 is 0 Å². The first-order valence-corrected chi connectivity index (χ1v) is 6.21. The highest BCUT2D eigenvalue weighted by Crippen LogP contribution is 2.21. The van der Waals surface area contributed by atoms with Gasteiger partial charge in [0.1, 0.15) is 0 Å². The first-order chi connectivity index (χ1) is 8.72.